The van der Waals surface area contributed by atoms with Gasteiger partial charge in [-0.2, -0.15) is 8.75 Å². The standard InChI is InChI=1S/2C10H15N.C9H15N.4C8H13NO.4C8H13NS/c1-5-9-8(6-7-11-9)10(2,3)4;1-5-8-6-7-9(11-8)10(2,3)4;1-7-5-8(6-10-7)9(2,3)4;1-6-9-7(5-10-6)8(2,3)4;1-6-9-5-7(10-6)8(2,3)4;1-6-7(5-10-9-6)8(2,3)4;1-6-5-7(10-9-6)8(2,3)4;1-6-9-7(5-10-6)8(2,3)4;1-6-9-5-7(10-6)8(2,3)4;1-6-7(5-10-9-6)8(2,3)4;1-6-5-7(10-9-6)8(2,3)4/h5-6H,1,7H2,2-4H3;5,7H,1,6H2,2-4H3;5H,6H2,1-4H3;8*5H,1-4H3. The molecule has 0 unspecified atom stereocenters. The number of aromatic nitrogens is 8. The summed E-state index contributed by atoms with van der Waals surface area (Å²) in [5.41, 5.74) is 18.5. The van der Waals surface area contributed by atoms with Crippen molar-refractivity contribution in [2.75, 3.05) is 13.1 Å². The zero-order valence-electron chi connectivity index (χ0n) is 77.7. The van der Waals surface area contributed by atoms with Gasteiger partial charge in [-0.15, -0.1) is 22.7 Å². The Bertz CT molecular complexity index is 3880. The van der Waals surface area contributed by atoms with Gasteiger partial charge in [0.25, 0.3) is 0 Å². The van der Waals surface area contributed by atoms with Crippen LogP contribution in [-0.4, -0.2) is 69.2 Å². The number of nitrogens with zero attached hydrogens (tertiary/aromatic N) is 11. The molecule has 0 saturated carbocycles. The lowest BCUT2D eigenvalue weighted by atomic mass is 9.84. The number of oxazole rings is 2. The highest BCUT2D eigenvalue weighted by molar-refractivity contribution is 7.11. The molecule has 0 bridgehead atoms. The molecule has 0 atom stereocenters. The minimum Gasteiger partial charge on any atom is -0.449 e. The van der Waals surface area contributed by atoms with Crippen LogP contribution in [-0.2, 0) is 43.3 Å². The van der Waals surface area contributed by atoms with Crippen LogP contribution >= 0.6 is 45.7 Å². The van der Waals surface area contributed by atoms with Crippen molar-refractivity contribution in [3.63, 3.8) is 0 Å². The summed E-state index contributed by atoms with van der Waals surface area (Å²) in [7, 11) is 0. The number of hydrogen-bond donors (Lipinski definition) is 0. The predicted molar refractivity (Wildman–Crippen MR) is 487 cm³/mol. The van der Waals surface area contributed by atoms with Crippen LogP contribution in [0.25, 0.3) is 0 Å². The number of rotatable bonds is 2. The molecule has 19 heteroatoms. The maximum absolute atomic E-state index is 5.34. The molecule has 3 aliphatic rings. The van der Waals surface area contributed by atoms with Crippen molar-refractivity contribution in [3.05, 3.63) is 197 Å². The van der Waals surface area contributed by atoms with E-state index in [4.69, 9.17) is 17.9 Å². The van der Waals surface area contributed by atoms with Crippen LogP contribution in [0, 0.1) is 71.6 Å². The van der Waals surface area contributed by atoms with E-state index in [0.29, 0.717) is 5.41 Å². The van der Waals surface area contributed by atoms with Crippen molar-refractivity contribution < 1.29 is 17.9 Å². The highest BCUT2D eigenvalue weighted by Crippen LogP contribution is 2.34. The monoisotopic (exact) mass is 1610 g/mol. The largest absolute Gasteiger partial charge is 0.449 e. The lowest BCUT2D eigenvalue weighted by molar-refractivity contribution is 0.327. The molecule has 0 aliphatic carbocycles. The van der Waals surface area contributed by atoms with Crippen molar-refractivity contribution in [1.82, 2.24) is 39.0 Å². The van der Waals surface area contributed by atoms with E-state index in [1.807, 2.05) is 72.9 Å². The summed E-state index contributed by atoms with van der Waals surface area (Å²) in [5, 5.41) is 14.2. The summed E-state index contributed by atoms with van der Waals surface area (Å²) in [6, 6.07) is 4.13. The third-order valence-electron chi connectivity index (χ3n) is 16.8. The summed E-state index contributed by atoms with van der Waals surface area (Å²) in [6.07, 6.45) is 18.4. The fourth-order valence-corrected chi connectivity index (χ4v) is 13.0. The van der Waals surface area contributed by atoms with Crippen LogP contribution in [0.3, 0.4) is 0 Å². The second kappa shape index (κ2) is 43.1. The van der Waals surface area contributed by atoms with Crippen LogP contribution in [0.15, 0.2) is 141 Å². The molecule has 0 N–H and O–H groups in total. The second-order valence-electron chi connectivity index (χ2n) is 39.8. The van der Waals surface area contributed by atoms with E-state index in [-0.39, 0.29) is 54.1 Å². The smallest absolute Gasteiger partial charge is 0.191 e. The number of aliphatic imine (C=N–C) groups is 3. The summed E-state index contributed by atoms with van der Waals surface area (Å²) in [4.78, 5) is 32.6. The number of thiazole rings is 2. The summed E-state index contributed by atoms with van der Waals surface area (Å²) < 4.78 is 28.8. The molecule has 11 heterocycles. The first-order valence-electron chi connectivity index (χ1n) is 39.0. The molecular weight excluding hydrogens is 1460 g/mol. The maximum Gasteiger partial charge on any atom is 0.191 e. The van der Waals surface area contributed by atoms with E-state index >= 15 is 0 Å². The third-order valence-corrected chi connectivity index (χ3v) is 20.9. The van der Waals surface area contributed by atoms with E-state index in [1.54, 1.807) is 64.5 Å². The molecule has 0 fully saturated rings. The van der Waals surface area contributed by atoms with E-state index in [2.05, 4.69) is 345 Å². The third kappa shape index (κ3) is 39.4. The van der Waals surface area contributed by atoms with Gasteiger partial charge in [0, 0.05) is 103 Å². The zero-order chi connectivity index (χ0) is 87.0. The highest BCUT2D eigenvalue weighted by atomic mass is 32.1. The minimum absolute atomic E-state index is 0.0846. The first-order chi connectivity index (χ1) is 50.6. The van der Waals surface area contributed by atoms with Gasteiger partial charge in [-0.3, -0.25) is 15.0 Å². The lowest BCUT2D eigenvalue weighted by Gasteiger charge is -2.20. The van der Waals surface area contributed by atoms with Gasteiger partial charge in [0.15, 0.2) is 11.8 Å². The fourth-order valence-electron chi connectivity index (χ4n) is 9.64. The first kappa shape index (κ1) is 103. The highest BCUT2D eigenvalue weighted by Gasteiger charge is 2.26. The molecule has 8 aromatic heterocycles. The average Bonchev–Trinajstić information content (AvgIpc) is 1.69. The van der Waals surface area contributed by atoms with Gasteiger partial charge in [-0.05, 0) is 145 Å². The molecule has 0 aromatic carbocycles. The van der Waals surface area contributed by atoms with Gasteiger partial charge in [-0.25, -0.2) is 19.9 Å². The van der Waals surface area contributed by atoms with Gasteiger partial charge in [-0.1, -0.05) is 264 Å². The van der Waals surface area contributed by atoms with Crippen LogP contribution in [0.5, 0.6) is 0 Å². The number of hydrogen-bond acceptors (Lipinski definition) is 19. The van der Waals surface area contributed by atoms with E-state index in [0.717, 1.165) is 87.0 Å². The van der Waals surface area contributed by atoms with Gasteiger partial charge in [0.2, 0.25) is 0 Å². The maximum atomic E-state index is 5.34. The first-order valence-corrected chi connectivity index (χ1v) is 42.4. The van der Waals surface area contributed by atoms with Gasteiger partial charge >= 0.3 is 0 Å². The van der Waals surface area contributed by atoms with Crippen molar-refractivity contribution in [2.45, 2.75) is 341 Å². The van der Waals surface area contributed by atoms with Crippen molar-refractivity contribution >= 4 is 62.9 Å². The topological polar surface area (TPSA) is 193 Å². The van der Waals surface area contributed by atoms with E-state index < -0.39 is 0 Å². The molecule has 0 radical (unpaired) electrons. The Labute approximate surface area is 696 Å². The van der Waals surface area contributed by atoms with Crippen LogP contribution in [0.1, 0.15) is 330 Å². The summed E-state index contributed by atoms with van der Waals surface area (Å²) >= 11 is 6.65. The second-order valence-corrected chi connectivity index (χ2v) is 43.5. The van der Waals surface area contributed by atoms with E-state index in [9.17, 15) is 0 Å². The Morgan fingerprint density at radius 3 is 1.26 bits per heavy atom. The van der Waals surface area contributed by atoms with Gasteiger partial charge < -0.3 is 17.9 Å². The van der Waals surface area contributed by atoms with E-state index in [1.165, 1.54) is 54.8 Å². The molecule has 0 amide bonds. The Balaban J connectivity index is 0.000000616. The molecule has 112 heavy (non-hydrogen) atoms. The normalized spacial score (nSPS) is 13.7. The molecule has 0 saturated heterocycles. The minimum atomic E-state index is 0.0846. The van der Waals surface area contributed by atoms with Gasteiger partial charge in [0.1, 0.15) is 24.0 Å². The SMILES string of the molecule is C=CC1=NC(C(C)(C)C)=CC1.C=CC1=NCC=C1C(C)(C)C.CC1=NCC(C(C)(C)C)=C1.Cc1cc(C(C)(C)C)on1.Cc1cc(C(C)(C)C)sn1.Cc1nc(C(C)(C)C)co1.Cc1nc(C(C)(C)C)cs1.Cc1ncc(C(C)(C)C)o1.Cc1ncc(C(C)(C)C)s1.Cc1nocc1C(C)(C)C.Cc1nscc1C(C)(C)C. The molecule has 15 nitrogen and oxygen atoms in total. The molecule has 8 aromatic rings. The molecule has 11 rings (SSSR count). The quantitative estimate of drug-likeness (QED) is 0.159. The summed E-state index contributed by atoms with van der Waals surface area (Å²) in [6.45, 7) is 98.7. The molecule has 3 aliphatic heterocycles. The Morgan fingerprint density at radius 2 is 1.04 bits per heavy atom. The predicted octanol–water partition coefficient (Wildman–Crippen LogP) is 28.1. The van der Waals surface area contributed by atoms with Gasteiger partial charge in [0.05, 0.1) is 69.2 Å². The zero-order valence-corrected chi connectivity index (χ0v) is 81.0. The number of allylic oxidation sites excluding steroid dienone is 6. The van der Waals surface area contributed by atoms with Crippen molar-refractivity contribution in [2.24, 2.45) is 31.2 Å². The Hall–Kier alpha value is -6.93. The van der Waals surface area contributed by atoms with Crippen LogP contribution < -0.4 is 0 Å². The van der Waals surface area contributed by atoms with Crippen molar-refractivity contribution in [3.8, 4) is 0 Å². The molecule has 0 spiro atoms. The van der Waals surface area contributed by atoms with Crippen LogP contribution in [0.4, 0.5) is 0 Å². The molecule has 624 valence electrons. The average molecular weight is 1610 g/mol. The molecular formula is C93H149N11O4S4. The fraction of sp³-hybridized carbons (Fsp3) is 0.602. The number of aryl methyl sites for hydroxylation is 8. The van der Waals surface area contributed by atoms with Crippen molar-refractivity contribution in [1.29, 1.82) is 0 Å². The lowest BCUT2D eigenvalue weighted by Crippen LogP contribution is -2.14. The summed E-state index contributed by atoms with van der Waals surface area (Å²) in [5.74, 6) is 3.38. The van der Waals surface area contributed by atoms with Crippen LogP contribution in [0.2, 0.25) is 0 Å². The Kier molecular flexibility index (Phi) is 39.7. The Morgan fingerprint density at radius 1 is 0.464 bits per heavy atom.